The van der Waals surface area contributed by atoms with E-state index in [0.29, 0.717) is 0 Å². The third-order valence-corrected chi connectivity index (χ3v) is 4.19. The predicted octanol–water partition coefficient (Wildman–Crippen LogP) is 2.83. The monoisotopic (exact) mass is 264 g/mol. The minimum atomic E-state index is 0.740. The summed E-state index contributed by atoms with van der Waals surface area (Å²) in [5.41, 5.74) is 4.72. The lowest BCUT2D eigenvalue weighted by atomic mass is 10.0. The van der Waals surface area contributed by atoms with Gasteiger partial charge in [-0.25, -0.2) is 0 Å². The second-order valence-electron chi connectivity index (χ2n) is 4.76. The van der Waals surface area contributed by atoms with E-state index < -0.39 is 0 Å². The summed E-state index contributed by atoms with van der Waals surface area (Å²) >= 11 is 6.42. The molecule has 0 unspecified atom stereocenters. The number of halogens is 1. The third kappa shape index (κ3) is 1.62. The normalized spacial score (nSPS) is 13.9. The summed E-state index contributed by atoms with van der Waals surface area (Å²) < 4.78 is 5.80. The molecular formula is C14H17ClN2O. The minimum Gasteiger partial charge on any atom is -0.492 e. The van der Waals surface area contributed by atoms with Crippen LogP contribution < -0.4 is 10.1 Å². The summed E-state index contributed by atoms with van der Waals surface area (Å²) in [5.74, 6) is 0.993. The maximum absolute atomic E-state index is 6.42. The molecule has 0 amide bonds. The van der Waals surface area contributed by atoms with E-state index >= 15 is 0 Å². The van der Waals surface area contributed by atoms with Crippen molar-refractivity contribution in [1.29, 1.82) is 0 Å². The van der Waals surface area contributed by atoms with Gasteiger partial charge in [-0.05, 0) is 38.1 Å². The molecule has 0 aliphatic carbocycles. The van der Waals surface area contributed by atoms with Crippen molar-refractivity contribution in [2.24, 2.45) is 0 Å². The van der Waals surface area contributed by atoms with Crippen molar-refractivity contribution < 1.29 is 4.74 Å². The number of hydrogen-bond donors (Lipinski definition) is 2. The van der Waals surface area contributed by atoms with E-state index in [1.165, 1.54) is 16.5 Å². The van der Waals surface area contributed by atoms with E-state index in [-0.39, 0.29) is 0 Å². The molecule has 2 heterocycles. The van der Waals surface area contributed by atoms with Gasteiger partial charge in [0.1, 0.15) is 5.75 Å². The van der Waals surface area contributed by atoms with E-state index in [2.05, 4.69) is 23.4 Å². The molecule has 4 heteroatoms. The smallest absolute Gasteiger partial charge is 0.133 e. The van der Waals surface area contributed by atoms with Crippen LogP contribution in [0.2, 0.25) is 5.02 Å². The number of benzene rings is 1. The Hall–Kier alpha value is -1.19. The largest absolute Gasteiger partial charge is 0.492 e. The first-order chi connectivity index (χ1) is 8.74. The van der Waals surface area contributed by atoms with Crippen molar-refractivity contribution in [3.8, 4) is 5.75 Å². The van der Waals surface area contributed by atoms with Gasteiger partial charge in [-0.1, -0.05) is 11.6 Å². The number of likely N-dealkylation sites (N-methyl/N-ethyl adjacent to an activating group) is 1. The number of hydrogen-bond acceptors (Lipinski definition) is 2. The van der Waals surface area contributed by atoms with Gasteiger partial charge in [-0.3, -0.25) is 0 Å². The molecular weight excluding hydrogens is 248 g/mol. The molecule has 1 aliphatic rings. The third-order valence-electron chi connectivity index (χ3n) is 3.67. The molecule has 1 aromatic carbocycles. The molecule has 2 aromatic rings. The van der Waals surface area contributed by atoms with Gasteiger partial charge in [0.25, 0.3) is 0 Å². The van der Waals surface area contributed by atoms with Gasteiger partial charge in [-0.2, -0.15) is 0 Å². The molecule has 3 rings (SSSR count). The second-order valence-corrected chi connectivity index (χ2v) is 5.14. The molecule has 18 heavy (non-hydrogen) atoms. The first kappa shape index (κ1) is 11.9. The van der Waals surface area contributed by atoms with Gasteiger partial charge in [0, 0.05) is 23.6 Å². The fraction of sp³-hybridized carbons (Fsp3) is 0.429. The average molecular weight is 265 g/mol. The van der Waals surface area contributed by atoms with Crippen LogP contribution in [0.15, 0.2) is 6.20 Å². The summed E-state index contributed by atoms with van der Waals surface area (Å²) in [5, 5.41) is 5.26. The quantitative estimate of drug-likeness (QED) is 0.895. The Kier molecular flexibility index (Phi) is 2.96. The van der Waals surface area contributed by atoms with Crippen LogP contribution >= 0.6 is 11.6 Å². The Morgan fingerprint density at radius 1 is 1.50 bits per heavy atom. The topological polar surface area (TPSA) is 37.0 Å². The second kappa shape index (κ2) is 4.48. The number of nitrogens with one attached hydrogen (secondary N) is 2. The van der Waals surface area contributed by atoms with Gasteiger partial charge in [0.05, 0.1) is 17.1 Å². The Morgan fingerprint density at radius 3 is 3.11 bits per heavy atom. The molecule has 1 aliphatic heterocycles. The molecule has 2 N–H and O–H groups in total. The maximum Gasteiger partial charge on any atom is 0.133 e. The summed E-state index contributed by atoms with van der Waals surface area (Å²) in [4.78, 5) is 3.34. The SMILES string of the molecule is CNCCc1c[nH]c2c(C)c(Cl)c3c(c12)OCC3. The van der Waals surface area contributed by atoms with Gasteiger partial charge >= 0.3 is 0 Å². The zero-order valence-electron chi connectivity index (χ0n) is 10.7. The zero-order chi connectivity index (χ0) is 12.7. The standard InChI is InChI=1S/C14H17ClN2O/c1-8-12(15)10-4-6-18-14(10)11-9(3-5-16-2)7-17-13(8)11/h7,16-17H,3-6H2,1-2H3. The van der Waals surface area contributed by atoms with E-state index in [0.717, 1.165) is 47.8 Å². The van der Waals surface area contributed by atoms with Gasteiger partial charge in [-0.15, -0.1) is 0 Å². The molecule has 3 nitrogen and oxygen atoms in total. The molecule has 0 atom stereocenters. The summed E-state index contributed by atoms with van der Waals surface area (Å²) in [7, 11) is 1.97. The highest BCUT2D eigenvalue weighted by Gasteiger charge is 2.24. The lowest BCUT2D eigenvalue weighted by molar-refractivity contribution is 0.360. The van der Waals surface area contributed by atoms with E-state index in [1.807, 2.05) is 7.05 Å². The Balaban J connectivity index is 2.24. The highest BCUT2D eigenvalue weighted by molar-refractivity contribution is 6.33. The molecule has 96 valence electrons. The number of fused-ring (bicyclic) bond motifs is 3. The van der Waals surface area contributed by atoms with E-state index in [4.69, 9.17) is 16.3 Å². The number of aryl methyl sites for hydroxylation is 1. The number of H-pyrrole nitrogens is 1. The van der Waals surface area contributed by atoms with Crippen LogP contribution in [0.3, 0.4) is 0 Å². The Bertz CT molecular complexity index is 604. The van der Waals surface area contributed by atoms with Crippen molar-refractivity contribution >= 4 is 22.5 Å². The first-order valence-electron chi connectivity index (χ1n) is 6.32. The zero-order valence-corrected chi connectivity index (χ0v) is 11.4. The molecule has 1 aromatic heterocycles. The Labute approximate surface area is 111 Å². The number of rotatable bonds is 3. The molecule has 0 radical (unpaired) electrons. The van der Waals surface area contributed by atoms with Crippen molar-refractivity contribution in [3.05, 3.63) is 27.9 Å². The van der Waals surface area contributed by atoms with Crippen molar-refractivity contribution in [3.63, 3.8) is 0 Å². The molecule has 0 bridgehead atoms. The van der Waals surface area contributed by atoms with Crippen LogP contribution in [0, 0.1) is 6.92 Å². The molecule has 0 saturated carbocycles. The number of aromatic nitrogens is 1. The summed E-state index contributed by atoms with van der Waals surface area (Å²) in [6.45, 7) is 3.77. The van der Waals surface area contributed by atoms with Crippen LogP contribution in [0.5, 0.6) is 5.75 Å². The maximum atomic E-state index is 6.42. The first-order valence-corrected chi connectivity index (χ1v) is 6.70. The lowest BCUT2D eigenvalue weighted by Crippen LogP contribution is -2.10. The predicted molar refractivity (Wildman–Crippen MR) is 74.9 cm³/mol. The Morgan fingerprint density at radius 2 is 2.33 bits per heavy atom. The highest BCUT2D eigenvalue weighted by Crippen LogP contribution is 2.43. The molecule has 0 fully saturated rings. The average Bonchev–Trinajstić information content (AvgIpc) is 2.99. The van der Waals surface area contributed by atoms with Crippen LogP contribution in [0.1, 0.15) is 16.7 Å². The van der Waals surface area contributed by atoms with E-state index in [1.54, 1.807) is 0 Å². The van der Waals surface area contributed by atoms with Crippen LogP contribution in [0.25, 0.3) is 10.9 Å². The number of ether oxygens (including phenoxy) is 1. The van der Waals surface area contributed by atoms with Crippen molar-refractivity contribution in [2.45, 2.75) is 19.8 Å². The van der Waals surface area contributed by atoms with Crippen LogP contribution in [-0.4, -0.2) is 25.2 Å². The van der Waals surface area contributed by atoms with Gasteiger partial charge < -0.3 is 15.0 Å². The van der Waals surface area contributed by atoms with Crippen LogP contribution in [0.4, 0.5) is 0 Å². The highest BCUT2D eigenvalue weighted by atomic mass is 35.5. The summed E-state index contributed by atoms with van der Waals surface area (Å²) in [6, 6.07) is 0. The van der Waals surface area contributed by atoms with Gasteiger partial charge in [0.2, 0.25) is 0 Å². The fourth-order valence-corrected chi connectivity index (χ4v) is 2.98. The fourth-order valence-electron chi connectivity index (χ4n) is 2.70. The van der Waals surface area contributed by atoms with Crippen molar-refractivity contribution in [1.82, 2.24) is 10.3 Å². The minimum absolute atomic E-state index is 0.740. The molecule has 0 spiro atoms. The van der Waals surface area contributed by atoms with Crippen LogP contribution in [-0.2, 0) is 12.8 Å². The molecule has 0 saturated heterocycles. The van der Waals surface area contributed by atoms with E-state index in [9.17, 15) is 0 Å². The van der Waals surface area contributed by atoms with Crippen molar-refractivity contribution in [2.75, 3.05) is 20.2 Å². The lowest BCUT2D eigenvalue weighted by Gasteiger charge is -2.09. The van der Waals surface area contributed by atoms with Gasteiger partial charge in [0.15, 0.2) is 0 Å². The summed E-state index contributed by atoms with van der Waals surface area (Å²) in [6.07, 6.45) is 3.99. The number of aromatic amines is 1.